The third kappa shape index (κ3) is 7.42. The summed E-state index contributed by atoms with van der Waals surface area (Å²) in [7, 11) is 0. The zero-order valence-corrected chi connectivity index (χ0v) is 26.5. The molecule has 3 N–H and O–H groups in total. The number of fused-ring (bicyclic) bond motifs is 1. The Morgan fingerprint density at radius 3 is 2.37 bits per heavy atom. The third-order valence-electron chi connectivity index (χ3n) is 7.43. The maximum Gasteiger partial charge on any atom is 0.410 e. The Balaban J connectivity index is 1.42. The number of pyridine rings is 1. The molecule has 3 aromatic rings. The molecule has 2 aromatic heterocycles. The van der Waals surface area contributed by atoms with Crippen molar-refractivity contribution in [1.82, 2.24) is 25.2 Å². The molecule has 0 atom stereocenters. The van der Waals surface area contributed by atoms with Crippen LogP contribution in [0, 0.1) is 0 Å². The van der Waals surface area contributed by atoms with E-state index in [1.54, 1.807) is 17.3 Å². The second-order valence-corrected chi connectivity index (χ2v) is 14.2. The minimum absolute atomic E-state index is 0.137. The van der Waals surface area contributed by atoms with Gasteiger partial charge < -0.3 is 25.6 Å². The highest BCUT2D eigenvalue weighted by Crippen LogP contribution is 2.36. The number of carbonyl (C=O) groups is 2. The van der Waals surface area contributed by atoms with Crippen LogP contribution < -0.4 is 16.0 Å². The summed E-state index contributed by atoms with van der Waals surface area (Å²) in [5.74, 6) is 0.534. The summed E-state index contributed by atoms with van der Waals surface area (Å²) in [5.41, 5.74) is 4.10. The summed E-state index contributed by atoms with van der Waals surface area (Å²) >= 11 is 0. The smallest absolute Gasteiger partial charge is 0.410 e. The molecule has 10 nitrogen and oxygen atoms in total. The van der Waals surface area contributed by atoms with Gasteiger partial charge in [0.25, 0.3) is 5.91 Å². The standard InChI is InChI=1S/C33H43N7O3/c1-31(2,3)26-16-23(13-14-34-26)36-27-24(28(41)37-21-9-10-21)17-35-29(39-27)38-22-11-12-25-20(15-22)18-40(19-33(25,7)8)30(42)43-32(4,5)6/h11-17,21H,9-10,18-19H2,1-8H3,(H,37,41)(H2,34,35,36,38,39). The van der Waals surface area contributed by atoms with Crippen molar-refractivity contribution in [2.24, 2.45) is 0 Å². The molecule has 1 aliphatic heterocycles. The van der Waals surface area contributed by atoms with E-state index in [0.29, 0.717) is 30.4 Å². The Kier molecular flexibility index (Phi) is 7.83. The largest absolute Gasteiger partial charge is 0.444 e. The van der Waals surface area contributed by atoms with Gasteiger partial charge in [-0.1, -0.05) is 40.7 Å². The van der Waals surface area contributed by atoms with E-state index < -0.39 is 5.60 Å². The van der Waals surface area contributed by atoms with Gasteiger partial charge in [0.05, 0.1) is 0 Å². The number of nitrogens with zero attached hydrogens (tertiary/aromatic N) is 4. The Bertz CT molecular complexity index is 1530. The van der Waals surface area contributed by atoms with Crippen molar-refractivity contribution < 1.29 is 14.3 Å². The van der Waals surface area contributed by atoms with Crippen LogP contribution in [0.1, 0.15) is 95.4 Å². The summed E-state index contributed by atoms with van der Waals surface area (Å²) < 4.78 is 5.67. The van der Waals surface area contributed by atoms with Crippen LogP contribution in [0.4, 0.5) is 27.9 Å². The summed E-state index contributed by atoms with van der Waals surface area (Å²) in [4.78, 5) is 41.5. The van der Waals surface area contributed by atoms with Gasteiger partial charge in [0.2, 0.25) is 5.95 Å². The molecular weight excluding hydrogens is 542 g/mol. The highest BCUT2D eigenvalue weighted by atomic mass is 16.6. The first-order chi connectivity index (χ1) is 20.1. The average molecular weight is 586 g/mol. The molecule has 1 saturated carbocycles. The van der Waals surface area contributed by atoms with Crippen LogP contribution in [0.15, 0.2) is 42.7 Å². The molecule has 3 heterocycles. The maximum atomic E-state index is 13.1. The van der Waals surface area contributed by atoms with Crippen molar-refractivity contribution >= 4 is 35.1 Å². The number of aromatic nitrogens is 3. The van der Waals surface area contributed by atoms with Crippen LogP contribution in [0.5, 0.6) is 0 Å². The van der Waals surface area contributed by atoms with Crippen molar-refractivity contribution in [3.05, 3.63) is 65.1 Å². The highest BCUT2D eigenvalue weighted by Gasteiger charge is 2.36. The normalized spacial score (nSPS) is 16.2. The van der Waals surface area contributed by atoms with Crippen LogP contribution in [-0.2, 0) is 22.1 Å². The summed E-state index contributed by atoms with van der Waals surface area (Å²) in [6.45, 7) is 17.2. The summed E-state index contributed by atoms with van der Waals surface area (Å²) in [6.07, 6.45) is 4.94. The lowest BCUT2D eigenvalue weighted by molar-refractivity contribution is 0.0174. The van der Waals surface area contributed by atoms with Crippen molar-refractivity contribution in [3.8, 4) is 0 Å². The van der Waals surface area contributed by atoms with Crippen LogP contribution in [0.3, 0.4) is 0 Å². The number of nitrogens with one attached hydrogen (secondary N) is 3. The van der Waals surface area contributed by atoms with Gasteiger partial charge in [0.15, 0.2) is 0 Å². The van der Waals surface area contributed by atoms with E-state index in [-0.39, 0.29) is 28.9 Å². The zero-order valence-electron chi connectivity index (χ0n) is 26.5. The fourth-order valence-electron chi connectivity index (χ4n) is 5.12. The van der Waals surface area contributed by atoms with E-state index in [9.17, 15) is 9.59 Å². The zero-order chi connectivity index (χ0) is 31.2. The fourth-order valence-corrected chi connectivity index (χ4v) is 5.12. The molecule has 1 fully saturated rings. The lowest BCUT2D eigenvalue weighted by atomic mass is 9.78. The van der Waals surface area contributed by atoms with E-state index in [4.69, 9.17) is 9.72 Å². The van der Waals surface area contributed by atoms with Gasteiger partial charge in [-0.3, -0.25) is 9.78 Å². The van der Waals surface area contributed by atoms with Gasteiger partial charge in [-0.2, -0.15) is 4.98 Å². The van der Waals surface area contributed by atoms with Crippen LogP contribution in [0.25, 0.3) is 0 Å². The minimum atomic E-state index is -0.569. The number of hydrogen-bond donors (Lipinski definition) is 3. The molecule has 0 unspecified atom stereocenters. The molecule has 0 bridgehead atoms. The molecule has 1 aliphatic carbocycles. The third-order valence-corrected chi connectivity index (χ3v) is 7.43. The first kappa shape index (κ1) is 30.3. The number of hydrogen-bond acceptors (Lipinski definition) is 8. The summed E-state index contributed by atoms with van der Waals surface area (Å²) in [6, 6.07) is 10.1. The lowest BCUT2D eigenvalue weighted by Crippen LogP contribution is -2.46. The molecule has 0 saturated heterocycles. The van der Waals surface area contributed by atoms with Crippen LogP contribution in [0.2, 0.25) is 0 Å². The van der Waals surface area contributed by atoms with Gasteiger partial charge >= 0.3 is 6.09 Å². The van der Waals surface area contributed by atoms with Crippen LogP contribution >= 0.6 is 0 Å². The molecule has 10 heteroatoms. The number of ether oxygens (including phenoxy) is 1. The molecule has 2 amide bonds. The molecule has 43 heavy (non-hydrogen) atoms. The van der Waals surface area contributed by atoms with E-state index in [0.717, 1.165) is 35.5 Å². The number of benzene rings is 1. The predicted molar refractivity (Wildman–Crippen MR) is 168 cm³/mol. The van der Waals surface area contributed by atoms with Gasteiger partial charge in [-0.25, -0.2) is 9.78 Å². The van der Waals surface area contributed by atoms with Crippen molar-refractivity contribution in [2.45, 2.75) is 97.2 Å². The van der Waals surface area contributed by atoms with E-state index >= 15 is 0 Å². The maximum absolute atomic E-state index is 13.1. The second kappa shape index (κ2) is 11.1. The quantitative estimate of drug-likeness (QED) is 0.297. The molecule has 1 aromatic carbocycles. The van der Waals surface area contributed by atoms with Crippen LogP contribution in [-0.4, -0.2) is 50.0 Å². The van der Waals surface area contributed by atoms with Crippen molar-refractivity contribution in [3.63, 3.8) is 0 Å². The number of carbonyl (C=O) groups excluding carboxylic acids is 2. The Morgan fingerprint density at radius 1 is 0.977 bits per heavy atom. The Morgan fingerprint density at radius 2 is 1.70 bits per heavy atom. The first-order valence-corrected chi connectivity index (χ1v) is 14.9. The van der Waals surface area contributed by atoms with Crippen molar-refractivity contribution in [1.29, 1.82) is 0 Å². The van der Waals surface area contributed by atoms with E-state index in [1.807, 2.05) is 45.0 Å². The molecule has 0 radical (unpaired) electrons. The monoisotopic (exact) mass is 585 g/mol. The average Bonchev–Trinajstić information content (AvgIpc) is 3.71. The fraction of sp³-hybridized carbons (Fsp3) is 0.485. The number of anilines is 4. The second-order valence-electron chi connectivity index (χ2n) is 14.2. The van der Waals surface area contributed by atoms with Gasteiger partial charge in [-0.15, -0.1) is 0 Å². The Labute approximate surface area is 254 Å². The van der Waals surface area contributed by atoms with Crippen molar-refractivity contribution in [2.75, 3.05) is 17.2 Å². The highest BCUT2D eigenvalue weighted by molar-refractivity contribution is 5.99. The summed E-state index contributed by atoms with van der Waals surface area (Å²) in [5, 5.41) is 9.67. The van der Waals surface area contributed by atoms with Gasteiger partial charge in [-0.05, 0) is 69.0 Å². The van der Waals surface area contributed by atoms with Gasteiger partial charge in [0, 0.05) is 59.4 Å². The molecular formula is C33H43N7O3. The van der Waals surface area contributed by atoms with E-state index in [1.165, 1.54) is 5.56 Å². The number of rotatable bonds is 6. The SMILES string of the molecule is CC(C)(C)OC(=O)N1Cc2cc(Nc3ncc(C(=O)NC4CC4)c(Nc4ccnc(C(C)(C)C)c4)n3)ccc2C(C)(C)C1. The molecule has 0 spiro atoms. The topological polar surface area (TPSA) is 121 Å². The Hall–Kier alpha value is -4.21. The van der Waals surface area contributed by atoms with E-state index in [2.05, 4.69) is 66.6 Å². The minimum Gasteiger partial charge on any atom is -0.444 e. The number of amides is 2. The molecule has 2 aliphatic rings. The molecule has 5 rings (SSSR count). The first-order valence-electron chi connectivity index (χ1n) is 14.9. The van der Waals surface area contributed by atoms with Gasteiger partial charge in [0.1, 0.15) is 17.0 Å². The molecule has 228 valence electrons. The lowest BCUT2D eigenvalue weighted by Gasteiger charge is -2.40. The predicted octanol–water partition coefficient (Wildman–Crippen LogP) is 6.58.